The lowest BCUT2D eigenvalue weighted by Crippen LogP contribution is -2.38. The second kappa shape index (κ2) is 9.42. The van der Waals surface area contributed by atoms with Crippen molar-refractivity contribution in [2.45, 2.75) is 56.9 Å². The van der Waals surface area contributed by atoms with Gasteiger partial charge in [0, 0.05) is 44.0 Å². The molecule has 1 amide bonds. The Bertz CT molecular complexity index is 1340. The summed E-state index contributed by atoms with van der Waals surface area (Å²) in [4.78, 5) is 19.6. The van der Waals surface area contributed by atoms with E-state index in [9.17, 15) is 17.6 Å². The summed E-state index contributed by atoms with van der Waals surface area (Å²) < 4.78 is 42.3. The summed E-state index contributed by atoms with van der Waals surface area (Å²) in [5.41, 5.74) is 2.08. The number of carbonyl (C=O) groups excluding carboxylic acids is 1. The predicted octanol–water partition coefficient (Wildman–Crippen LogP) is 3.75. The molecular formula is C24H30FN5O3S. The molecular weight excluding hydrogens is 457 g/mol. The Morgan fingerprint density at radius 1 is 1.18 bits per heavy atom. The van der Waals surface area contributed by atoms with Crippen LogP contribution in [-0.4, -0.2) is 64.8 Å². The van der Waals surface area contributed by atoms with Crippen molar-refractivity contribution in [3.8, 4) is 11.3 Å². The van der Waals surface area contributed by atoms with Crippen molar-refractivity contribution in [3.05, 3.63) is 47.5 Å². The third-order valence-electron chi connectivity index (χ3n) is 6.39. The Morgan fingerprint density at radius 2 is 1.94 bits per heavy atom. The van der Waals surface area contributed by atoms with E-state index in [-0.39, 0.29) is 22.4 Å². The molecule has 1 aliphatic rings. The van der Waals surface area contributed by atoms with E-state index in [1.165, 1.54) is 26.2 Å². The molecule has 10 heteroatoms. The normalized spacial score (nSPS) is 17.4. The summed E-state index contributed by atoms with van der Waals surface area (Å²) in [6.45, 7) is 4.75. The van der Waals surface area contributed by atoms with Gasteiger partial charge in [-0.1, -0.05) is 19.8 Å². The van der Waals surface area contributed by atoms with Crippen LogP contribution >= 0.6 is 0 Å². The van der Waals surface area contributed by atoms with Crippen LogP contribution in [0.4, 0.5) is 4.39 Å². The SMILES string of the molecule is CCc1cc(C(=O)N2CCCCCC2C)nc2cc(-c3ccc(S(=O)(=O)N(C)C)cc3F)nn12. The maximum atomic E-state index is 15.0. The number of sulfonamides is 1. The second-order valence-electron chi connectivity index (χ2n) is 8.91. The Balaban J connectivity index is 1.74. The second-order valence-corrected chi connectivity index (χ2v) is 11.1. The maximum absolute atomic E-state index is 15.0. The summed E-state index contributed by atoms with van der Waals surface area (Å²) in [5.74, 6) is -0.794. The lowest BCUT2D eigenvalue weighted by atomic mass is 10.1. The largest absolute Gasteiger partial charge is 0.335 e. The number of likely N-dealkylation sites (tertiary alicyclic amines) is 1. The third-order valence-corrected chi connectivity index (χ3v) is 8.20. The van der Waals surface area contributed by atoms with Crippen LogP contribution in [0.25, 0.3) is 16.9 Å². The van der Waals surface area contributed by atoms with E-state index in [0.717, 1.165) is 41.7 Å². The number of amides is 1. The molecule has 1 aromatic carbocycles. The average molecular weight is 488 g/mol. The monoisotopic (exact) mass is 487 g/mol. The fraction of sp³-hybridized carbons (Fsp3) is 0.458. The van der Waals surface area contributed by atoms with E-state index in [0.29, 0.717) is 30.0 Å². The molecule has 1 fully saturated rings. The third kappa shape index (κ3) is 4.44. The van der Waals surface area contributed by atoms with E-state index in [1.807, 2.05) is 11.8 Å². The van der Waals surface area contributed by atoms with E-state index in [4.69, 9.17) is 0 Å². The molecule has 0 saturated carbocycles. The molecule has 1 saturated heterocycles. The molecule has 1 unspecified atom stereocenters. The van der Waals surface area contributed by atoms with Crippen LogP contribution < -0.4 is 0 Å². The highest BCUT2D eigenvalue weighted by Crippen LogP contribution is 2.27. The fourth-order valence-corrected chi connectivity index (χ4v) is 5.24. The van der Waals surface area contributed by atoms with E-state index < -0.39 is 15.8 Å². The molecule has 1 atom stereocenters. The van der Waals surface area contributed by atoms with Crippen molar-refractivity contribution >= 4 is 21.6 Å². The highest BCUT2D eigenvalue weighted by molar-refractivity contribution is 7.89. The van der Waals surface area contributed by atoms with Gasteiger partial charge in [-0.3, -0.25) is 4.79 Å². The van der Waals surface area contributed by atoms with Crippen LogP contribution in [0.3, 0.4) is 0 Å². The maximum Gasteiger partial charge on any atom is 0.272 e. The smallest absolute Gasteiger partial charge is 0.272 e. The minimum atomic E-state index is -3.75. The quantitative estimate of drug-likeness (QED) is 0.547. The minimum Gasteiger partial charge on any atom is -0.335 e. The van der Waals surface area contributed by atoms with Crippen molar-refractivity contribution in [2.75, 3.05) is 20.6 Å². The van der Waals surface area contributed by atoms with E-state index >= 15 is 0 Å². The average Bonchev–Trinajstić information content (AvgIpc) is 3.11. The molecule has 182 valence electrons. The van der Waals surface area contributed by atoms with Gasteiger partial charge in [0.2, 0.25) is 10.0 Å². The summed E-state index contributed by atoms with van der Waals surface area (Å²) in [5, 5.41) is 4.51. The summed E-state index contributed by atoms with van der Waals surface area (Å²) in [6, 6.07) is 7.31. The van der Waals surface area contributed by atoms with Gasteiger partial charge < -0.3 is 4.90 Å². The molecule has 34 heavy (non-hydrogen) atoms. The molecule has 2 aromatic heterocycles. The van der Waals surface area contributed by atoms with Crippen LogP contribution in [0.1, 0.15) is 55.7 Å². The summed E-state index contributed by atoms with van der Waals surface area (Å²) in [7, 11) is -0.963. The Morgan fingerprint density at radius 3 is 2.62 bits per heavy atom. The zero-order chi connectivity index (χ0) is 24.6. The van der Waals surface area contributed by atoms with Gasteiger partial charge in [0.15, 0.2) is 5.65 Å². The number of halogens is 1. The topological polar surface area (TPSA) is 87.9 Å². The molecule has 4 rings (SSSR count). The van der Waals surface area contributed by atoms with Crippen LogP contribution in [0, 0.1) is 5.82 Å². The highest BCUT2D eigenvalue weighted by Gasteiger charge is 2.26. The first-order valence-corrected chi connectivity index (χ1v) is 13.0. The number of nitrogens with zero attached hydrogens (tertiary/aromatic N) is 5. The number of benzene rings is 1. The zero-order valence-corrected chi connectivity index (χ0v) is 20.8. The fourth-order valence-electron chi connectivity index (χ4n) is 4.33. The van der Waals surface area contributed by atoms with Crippen LogP contribution in [-0.2, 0) is 16.4 Å². The summed E-state index contributed by atoms with van der Waals surface area (Å²) in [6.07, 6.45) is 4.80. The molecule has 0 N–H and O–H groups in total. The van der Waals surface area contributed by atoms with Crippen molar-refractivity contribution < 1.29 is 17.6 Å². The van der Waals surface area contributed by atoms with Gasteiger partial charge >= 0.3 is 0 Å². The van der Waals surface area contributed by atoms with Crippen molar-refractivity contribution in [1.82, 2.24) is 23.8 Å². The Kier molecular flexibility index (Phi) is 6.73. The first kappa shape index (κ1) is 24.3. The number of aryl methyl sites for hydroxylation is 1. The standard InChI is InChI=1S/C24H30FN5O3S/c1-5-17-13-22(24(31)29-12-8-6-7-9-16(29)2)26-23-15-21(27-30(17)23)19-11-10-18(14-20(19)25)34(32,33)28(3)4/h10-11,13-16H,5-9,12H2,1-4H3. The van der Waals surface area contributed by atoms with Gasteiger partial charge in [0.1, 0.15) is 11.5 Å². The van der Waals surface area contributed by atoms with Gasteiger partial charge in [-0.25, -0.2) is 26.6 Å². The highest BCUT2D eigenvalue weighted by atomic mass is 32.2. The van der Waals surface area contributed by atoms with Crippen molar-refractivity contribution in [1.29, 1.82) is 0 Å². The van der Waals surface area contributed by atoms with Crippen molar-refractivity contribution in [2.24, 2.45) is 0 Å². The number of rotatable bonds is 5. The van der Waals surface area contributed by atoms with Gasteiger partial charge in [0.05, 0.1) is 10.6 Å². The van der Waals surface area contributed by atoms with Gasteiger partial charge in [0.25, 0.3) is 5.91 Å². The van der Waals surface area contributed by atoms with Gasteiger partial charge in [-0.15, -0.1) is 0 Å². The van der Waals surface area contributed by atoms with Crippen molar-refractivity contribution in [3.63, 3.8) is 0 Å². The van der Waals surface area contributed by atoms with E-state index in [2.05, 4.69) is 17.0 Å². The number of fused-ring (bicyclic) bond motifs is 1. The molecule has 8 nitrogen and oxygen atoms in total. The molecule has 0 bridgehead atoms. The van der Waals surface area contributed by atoms with E-state index in [1.54, 1.807) is 16.6 Å². The molecule has 3 aromatic rings. The number of aromatic nitrogens is 3. The van der Waals surface area contributed by atoms with Gasteiger partial charge in [-0.05, 0) is 50.5 Å². The van der Waals surface area contributed by atoms with Crippen LogP contribution in [0.15, 0.2) is 35.2 Å². The Labute approximate surface area is 199 Å². The molecule has 0 radical (unpaired) electrons. The number of hydrogen-bond donors (Lipinski definition) is 0. The lowest BCUT2D eigenvalue weighted by molar-refractivity contribution is 0.0692. The molecule has 3 heterocycles. The Hall–Kier alpha value is -2.85. The lowest BCUT2D eigenvalue weighted by Gasteiger charge is -2.27. The molecule has 0 spiro atoms. The van der Waals surface area contributed by atoms with Gasteiger partial charge in [-0.2, -0.15) is 5.10 Å². The number of carbonyl (C=O) groups is 1. The predicted molar refractivity (Wildman–Crippen MR) is 128 cm³/mol. The summed E-state index contributed by atoms with van der Waals surface area (Å²) >= 11 is 0. The minimum absolute atomic E-state index is 0.0984. The molecule has 1 aliphatic heterocycles. The molecule has 0 aliphatic carbocycles. The van der Waals surface area contributed by atoms with Crippen LogP contribution in [0.5, 0.6) is 0 Å². The zero-order valence-electron chi connectivity index (χ0n) is 20.0. The van der Waals surface area contributed by atoms with Crippen LogP contribution in [0.2, 0.25) is 0 Å². The first-order valence-electron chi connectivity index (χ1n) is 11.6. The first-order chi connectivity index (χ1) is 16.1. The number of hydrogen-bond acceptors (Lipinski definition) is 5.